The highest BCUT2D eigenvalue weighted by atomic mass is 32.2. The van der Waals surface area contributed by atoms with Crippen molar-refractivity contribution in [1.82, 2.24) is 9.21 Å². The molecule has 202 valence electrons. The summed E-state index contributed by atoms with van der Waals surface area (Å²) in [5.74, 6) is 0. The van der Waals surface area contributed by atoms with Crippen LogP contribution in [0.25, 0.3) is 0 Å². The van der Waals surface area contributed by atoms with E-state index in [9.17, 15) is 26.7 Å². The summed E-state index contributed by atoms with van der Waals surface area (Å²) >= 11 is 4.35. The van der Waals surface area contributed by atoms with Gasteiger partial charge in [-0.2, -0.15) is 17.5 Å². The Morgan fingerprint density at radius 1 is 1.08 bits per heavy atom. The number of nitrogens with zero attached hydrogens (tertiary/aromatic N) is 3. The van der Waals surface area contributed by atoms with Gasteiger partial charge in [0.1, 0.15) is 0 Å². The highest BCUT2D eigenvalue weighted by Crippen LogP contribution is 2.39. The Labute approximate surface area is 220 Å². The number of anilines is 1. The van der Waals surface area contributed by atoms with E-state index in [4.69, 9.17) is 4.74 Å². The minimum atomic E-state index is -4.81. The van der Waals surface area contributed by atoms with E-state index in [1.165, 1.54) is 16.4 Å². The minimum absolute atomic E-state index is 0.151. The largest absolute Gasteiger partial charge is 0.421 e. The van der Waals surface area contributed by atoms with Crippen LogP contribution in [0, 0.1) is 0 Å². The minimum Gasteiger partial charge on any atom is -0.376 e. The first-order valence-electron chi connectivity index (χ1n) is 12.2. The van der Waals surface area contributed by atoms with Gasteiger partial charge < -0.3 is 14.7 Å². The molecule has 2 aromatic carbocycles. The van der Waals surface area contributed by atoms with Crippen LogP contribution in [0.2, 0.25) is 0 Å². The number of ether oxygens (including phenoxy) is 1. The number of likely N-dealkylation sites (tertiary alicyclic amines) is 1. The first-order valence-corrected chi connectivity index (χ1v) is 14.1. The molecule has 0 aromatic heterocycles. The van der Waals surface area contributed by atoms with E-state index in [1.807, 2.05) is 0 Å². The number of hydrogen-bond donors (Lipinski definition) is 2. The van der Waals surface area contributed by atoms with Gasteiger partial charge >= 0.3 is 6.18 Å². The van der Waals surface area contributed by atoms with Gasteiger partial charge in [-0.15, -0.1) is 12.6 Å². The Balaban J connectivity index is 1.41. The van der Waals surface area contributed by atoms with Crippen LogP contribution in [0.1, 0.15) is 18.9 Å². The third-order valence-corrected chi connectivity index (χ3v) is 10.2. The zero-order valence-corrected chi connectivity index (χ0v) is 22.0. The van der Waals surface area contributed by atoms with Gasteiger partial charge in [-0.3, -0.25) is 4.90 Å². The van der Waals surface area contributed by atoms with Crippen LogP contribution >= 0.6 is 12.6 Å². The van der Waals surface area contributed by atoms with E-state index < -0.39 is 21.8 Å². The summed E-state index contributed by atoms with van der Waals surface area (Å²) in [5, 5.41) is 10.0. The molecule has 2 bridgehead atoms. The molecule has 2 aromatic rings. The van der Waals surface area contributed by atoms with Gasteiger partial charge in [-0.05, 0) is 43.2 Å². The van der Waals surface area contributed by atoms with Crippen LogP contribution in [-0.4, -0.2) is 86.4 Å². The van der Waals surface area contributed by atoms with Crippen LogP contribution in [0.15, 0.2) is 58.3 Å². The van der Waals surface area contributed by atoms with Crippen molar-refractivity contribution in [3.63, 3.8) is 0 Å². The van der Waals surface area contributed by atoms with Crippen LogP contribution in [-0.2, 0) is 20.4 Å². The molecule has 12 heteroatoms. The van der Waals surface area contributed by atoms with E-state index in [0.29, 0.717) is 30.3 Å². The van der Waals surface area contributed by atoms with Crippen molar-refractivity contribution in [3.05, 3.63) is 54.1 Å². The van der Waals surface area contributed by atoms with E-state index in [2.05, 4.69) is 22.4 Å². The molecule has 0 amide bonds. The fourth-order valence-corrected chi connectivity index (χ4v) is 7.53. The highest BCUT2D eigenvalue weighted by Gasteiger charge is 2.51. The molecule has 3 fully saturated rings. The quantitative estimate of drug-likeness (QED) is 0.532. The van der Waals surface area contributed by atoms with Crippen LogP contribution in [0.4, 0.5) is 18.9 Å². The number of benzene rings is 2. The second kappa shape index (κ2) is 9.73. The number of aliphatic hydroxyl groups is 1. The lowest BCUT2D eigenvalue weighted by Crippen LogP contribution is -2.59. The number of piperazine rings is 1. The summed E-state index contributed by atoms with van der Waals surface area (Å²) in [5.41, 5.74) is -2.54. The normalized spacial score (nSPS) is 27.0. The molecule has 7 nitrogen and oxygen atoms in total. The first-order chi connectivity index (χ1) is 17.4. The summed E-state index contributed by atoms with van der Waals surface area (Å²) in [4.78, 5) is 4.90. The number of rotatable bonds is 6. The maximum atomic E-state index is 13.5. The van der Waals surface area contributed by atoms with Gasteiger partial charge in [0.2, 0.25) is 10.0 Å². The topological polar surface area (TPSA) is 73.3 Å². The molecule has 5 rings (SSSR count). The second-order valence-electron chi connectivity index (χ2n) is 10.1. The van der Waals surface area contributed by atoms with Crippen LogP contribution in [0.5, 0.6) is 0 Å². The van der Waals surface area contributed by atoms with Gasteiger partial charge in [0.15, 0.2) is 5.60 Å². The van der Waals surface area contributed by atoms with E-state index in [0.717, 1.165) is 19.9 Å². The van der Waals surface area contributed by atoms with Crippen molar-refractivity contribution in [1.29, 1.82) is 0 Å². The molecule has 4 atom stereocenters. The van der Waals surface area contributed by atoms with E-state index in [1.54, 1.807) is 36.4 Å². The standard InChI is InChI=1S/C25H30F3N3O4S2/c1-24(32,25(26,27)28)17-6-8-18(9-7-17)31-11-10-30(37(33,34)23-5-3-2-4-22(23)36)14-20(31)13-29-15-21-12-19(29)16-35-21/h2-9,19-21,32,36H,10-16H2,1H3/t19-,20+,21-,24+/m1/s1. The van der Waals surface area contributed by atoms with Gasteiger partial charge in [0, 0.05) is 49.3 Å². The van der Waals surface area contributed by atoms with Crippen molar-refractivity contribution >= 4 is 28.3 Å². The third-order valence-electron chi connectivity index (χ3n) is 7.70. The van der Waals surface area contributed by atoms with Crippen LogP contribution < -0.4 is 4.90 Å². The molecule has 37 heavy (non-hydrogen) atoms. The van der Waals surface area contributed by atoms with E-state index in [-0.39, 0.29) is 41.7 Å². The number of fused-ring (bicyclic) bond motifs is 2. The summed E-state index contributed by atoms with van der Waals surface area (Å²) < 4.78 is 74.1. The molecule has 3 saturated heterocycles. The van der Waals surface area contributed by atoms with Crippen molar-refractivity contribution in [2.24, 2.45) is 0 Å². The lowest BCUT2D eigenvalue weighted by atomic mass is 9.95. The Morgan fingerprint density at radius 2 is 1.78 bits per heavy atom. The molecule has 0 unspecified atom stereocenters. The Hall–Kier alpha value is -1.83. The molecule has 0 radical (unpaired) electrons. The van der Waals surface area contributed by atoms with Gasteiger partial charge in [0.05, 0.1) is 23.6 Å². The van der Waals surface area contributed by atoms with Gasteiger partial charge in [0.25, 0.3) is 0 Å². The molecular formula is C25H30F3N3O4S2. The second-order valence-corrected chi connectivity index (χ2v) is 12.5. The average Bonchev–Trinajstić information content (AvgIpc) is 3.47. The summed E-state index contributed by atoms with van der Waals surface area (Å²) in [7, 11) is -3.79. The molecule has 3 aliphatic heterocycles. The predicted molar refractivity (Wildman–Crippen MR) is 135 cm³/mol. The lowest BCUT2D eigenvalue weighted by Gasteiger charge is -2.44. The average molecular weight is 558 g/mol. The summed E-state index contributed by atoms with van der Waals surface area (Å²) in [6.45, 7) is 3.56. The third kappa shape index (κ3) is 4.99. The van der Waals surface area contributed by atoms with Gasteiger partial charge in [-0.1, -0.05) is 24.3 Å². The van der Waals surface area contributed by atoms with Crippen molar-refractivity contribution in [2.45, 2.75) is 53.1 Å². The number of alkyl halides is 3. The smallest absolute Gasteiger partial charge is 0.376 e. The van der Waals surface area contributed by atoms with Crippen molar-refractivity contribution < 1.29 is 31.4 Å². The summed E-state index contributed by atoms with van der Waals surface area (Å²) in [6, 6.07) is 12.3. The van der Waals surface area contributed by atoms with Crippen molar-refractivity contribution in [3.8, 4) is 0 Å². The molecule has 1 N–H and O–H groups in total. The fourth-order valence-electron chi connectivity index (χ4n) is 5.47. The molecule has 3 heterocycles. The number of morpholine rings is 1. The number of thiol groups is 1. The number of halogens is 3. The first kappa shape index (κ1) is 26.8. The summed E-state index contributed by atoms with van der Waals surface area (Å²) in [6.07, 6.45) is -3.68. The molecule has 3 aliphatic rings. The Bertz CT molecular complexity index is 1240. The lowest BCUT2D eigenvalue weighted by molar-refractivity contribution is -0.258. The molecule has 0 aliphatic carbocycles. The zero-order chi connectivity index (χ0) is 26.6. The van der Waals surface area contributed by atoms with E-state index >= 15 is 0 Å². The highest BCUT2D eigenvalue weighted by molar-refractivity contribution is 7.90. The molecule has 0 spiro atoms. The molecule has 0 saturated carbocycles. The number of hydrogen-bond acceptors (Lipinski definition) is 7. The van der Waals surface area contributed by atoms with Gasteiger partial charge in [-0.25, -0.2) is 8.42 Å². The maximum absolute atomic E-state index is 13.5. The Kier molecular flexibility index (Phi) is 7.04. The molecular weight excluding hydrogens is 527 g/mol. The Morgan fingerprint density at radius 3 is 2.38 bits per heavy atom. The SMILES string of the molecule is C[C@](O)(c1ccc(N2CCN(S(=O)(=O)c3ccccc3S)C[C@@H]2CN2C[C@H]3C[C@@H]2CO3)cc1)C(F)(F)F. The van der Waals surface area contributed by atoms with Crippen LogP contribution in [0.3, 0.4) is 0 Å². The van der Waals surface area contributed by atoms with Crippen molar-refractivity contribution in [2.75, 3.05) is 44.2 Å². The monoisotopic (exact) mass is 557 g/mol. The number of sulfonamides is 1. The fraction of sp³-hybridized carbons (Fsp3) is 0.520. The zero-order valence-electron chi connectivity index (χ0n) is 20.3. The maximum Gasteiger partial charge on any atom is 0.421 e. The predicted octanol–water partition coefficient (Wildman–Crippen LogP) is 3.10.